The molecule has 12 nitrogen and oxygen atoms in total. The van der Waals surface area contributed by atoms with E-state index < -0.39 is 70.6 Å². The highest BCUT2D eigenvalue weighted by Crippen LogP contribution is 2.43. The maximum atomic E-state index is 12.7. The molecule has 0 saturated heterocycles. The summed E-state index contributed by atoms with van der Waals surface area (Å²) in [5.41, 5.74) is 0. The molecule has 3 unspecified atom stereocenters. The molecule has 0 rings (SSSR count). The van der Waals surface area contributed by atoms with E-state index in [0.717, 1.165) is 44.4 Å². The van der Waals surface area contributed by atoms with Crippen molar-refractivity contribution in [2.24, 2.45) is 5.92 Å². The third-order valence-corrected chi connectivity index (χ3v) is 11.9. The summed E-state index contributed by atoms with van der Waals surface area (Å²) in [7, 11) is -4.69. The SMILES string of the molecule is CCCCC/C=C\C/C=C\C/C=C\CC(O)C(O)CCCC(=O)OC[C@H](COP(=O)(O)OC[C@@H](O)CO)OC(=O)CCCCCCCCCCCCCCCCCCCCC(C)C. The molecule has 0 aliphatic carbocycles. The van der Waals surface area contributed by atoms with Gasteiger partial charge in [0.1, 0.15) is 12.7 Å². The van der Waals surface area contributed by atoms with Crippen LogP contribution in [0.5, 0.6) is 0 Å². The summed E-state index contributed by atoms with van der Waals surface area (Å²) >= 11 is 0. The second-order valence-corrected chi connectivity index (χ2v) is 19.1. The molecule has 0 aliphatic heterocycles. The van der Waals surface area contributed by atoms with E-state index >= 15 is 0 Å². The summed E-state index contributed by atoms with van der Waals surface area (Å²) in [6.45, 7) is 4.40. The molecule has 0 fully saturated rings. The Hall–Kier alpha value is -1.89. The molecule has 0 bridgehead atoms. The number of phosphoric acid groups is 1. The zero-order chi connectivity index (χ0) is 46.7. The zero-order valence-corrected chi connectivity index (χ0v) is 40.8. The van der Waals surface area contributed by atoms with Crippen LogP contribution >= 0.6 is 7.82 Å². The molecule has 0 aliphatic rings. The van der Waals surface area contributed by atoms with Crippen molar-refractivity contribution in [2.45, 2.75) is 238 Å². The lowest BCUT2D eigenvalue weighted by atomic mass is 10.0. The molecule has 0 aromatic heterocycles. The second-order valence-electron chi connectivity index (χ2n) is 17.6. The highest BCUT2D eigenvalue weighted by molar-refractivity contribution is 7.47. The van der Waals surface area contributed by atoms with Gasteiger partial charge in [-0.2, -0.15) is 0 Å². The number of allylic oxidation sites excluding steroid dienone is 5. The van der Waals surface area contributed by atoms with Crippen LogP contribution in [0.2, 0.25) is 0 Å². The molecule has 0 spiro atoms. The van der Waals surface area contributed by atoms with Gasteiger partial charge in [0.2, 0.25) is 0 Å². The average molecular weight is 917 g/mol. The standard InChI is InChI=1S/C50H93O12P/c1-4-5-6-7-8-9-10-20-23-26-29-32-36-47(53)48(54)37-34-39-49(55)59-42-46(43-61-63(57,58)60-41-45(52)40-51)62-50(56)38-33-30-27-24-21-18-16-14-12-11-13-15-17-19-22-25-28-31-35-44(2)3/h8-9,20,23,29,32,44-48,51-54H,4-7,10-19,21-22,24-28,30-31,33-43H2,1-3H3,(H,57,58)/b9-8-,23-20-,32-29-/t45-,46+,47?,48?/m0/s1. The molecule has 0 aromatic carbocycles. The number of aliphatic hydroxyl groups is 4. The van der Waals surface area contributed by atoms with E-state index in [1.54, 1.807) is 0 Å². The largest absolute Gasteiger partial charge is 0.472 e. The van der Waals surface area contributed by atoms with Crippen molar-refractivity contribution < 1.29 is 58.0 Å². The lowest BCUT2D eigenvalue weighted by Crippen LogP contribution is -2.30. The van der Waals surface area contributed by atoms with Crippen LogP contribution < -0.4 is 0 Å². The van der Waals surface area contributed by atoms with Crippen molar-refractivity contribution in [1.29, 1.82) is 0 Å². The van der Waals surface area contributed by atoms with Crippen molar-refractivity contribution in [3.63, 3.8) is 0 Å². The summed E-state index contributed by atoms with van der Waals surface area (Å²) in [5, 5.41) is 39.1. The van der Waals surface area contributed by atoms with Gasteiger partial charge < -0.3 is 34.8 Å². The number of esters is 2. The average Bonchev–Trinajstić information content (AvgIpc) is 3.25. The van der Waals surface area contributed by atoms with Gasteiger partial charge in [-0.3, -0.25) is 18.6 Å². The number of hydrogen-bond acceptors (Lipinski definition) is 11. The predicted molar refractivity (Wildman–Crippen MR) is 254 cm³/mol. The normalized spacial score (nSPS) is 15.1. The molecule has 0 heterocycles. The Balaban J connectivity index is 4.38. The molecule has 0 saturated carbocycles. The van der Waals surface area contributed by atoms with E-state index in [2.05, 4.69) is 49.6 Å². The third-order valence-electron chi connectivity index (χ3n) is 10.9. The van der Waals surface area contributed by atoms with Gasteiger partial charge in [0.15, 0.2) is 6.10 Å². The minimum Gasteiger partial charge on any atom is -0.462 e. The number of aliphatic hydroxyl groups excluding tert-OH is 4. The summed E-state index contributed by atoms with van der Waals surface area (Å²) < 4.78 is 32.7. The number of carbonyl (C=O) groups excluding carboxylic acids is 2. The van der Waals surface area contributed by atoms with Crippen LogP contribution in [0.25, 0.3) is 0 Å². The van der Waals surface area contributed by atoms with E-state index in [-0.39, 0.29) is 32.1 Å². The van der Waals surface area contributed by atoms with E-state index in [0.29, 0.717) is 6.42 Å². The van der Waals surface area contributed by atoms with Crippen LogP contribution in [0.3, 0.4) is 0 Å². The fourth-order valence-electron chi connectivity index (χ4n) is 6.93. The van der Waals surface area contributed by atoms with Crippen LogP contribution in [0.4, 0.5) is 0 Å². The van der Waals surface area contributed by atoms with Gasteiger partial charge in [-0.15, -0.1) is 0 Å². The molecule has 5 N–H and O–H groups in total. The van der Waals surface area contributed by atoms with Crippen molar-refractivity contribution >= 4 is 19.8 Å². The minimum absolute atomic E-state index is 0.0708. The number of unbranched alkanes of at least 4 members (excludes halogenated alkanes) is 20. The quantitative estimate of drug-likeness (QED) is 0.0168. The molecule has 0 aromatic rings. The van der Waals surface area contributed by atoms with Gasteiger partial charge >= 0.3 is 19.8 Å². The van der Waals surface area contributed by atoms with E-state index in [9.17, 15) is 34.4 Å². The highest BCUT2D eigenvalue weighted by Gasteiger charge is 2.27. The Labute approximate surface area is 383 Å². The first kappa shape index (κ1) is 61.1. The minimum atomic E-state index is -4.69. The first-order valence-electron chi connectivity index (χ1n) is 25.0. The molecule has 63 heavy (non-hydrogen) atoms. The maximum Gasteiger partial charge on any atom is 0.472 e. The van der Waals surface area contributed by atoms with Crippen LogP contribution in [0, 0.1) is 5.92 Å². The summed E-state index contributed by atoms with van der Waals surface area (Å²) in [4.78, 5) is 35.2. The van der Waals surface area contributed by atoms with Crippen molar-refractivity contribution in [1.82, 2.24) is 0 Å². The number of carbonyl (C=O) groups is 2. The van der Waals surface area contributed by atoms with Crippen LogP contribution in [-0.2, 0) is 32.7 Å². The fourth-order valence-corrected chi connectivity index (χ4v) is 7.72. The fraction of sp³-hybridized carbons (Fsp3) is 0.840. The molecule has 5 atom stereocenters. The zero-order valence-electron chi connectivity index (χ0n) is 39.9. The number of ether oxygens (including phenoxy) is 2. The van der Waals surface area contributed by atoms with Crippen LogP contribution in [0.15, 0.2) is 36.5 Å². The van der Waals surface area contributed by atoms with Crippen molar-refractivity contribution in [3.8, 4) is 0 Å². The predicted octanol–water partition coefficient (Wildman–Crippen LogP) is 11.7. The smallest absolute Gasteiger partial charge is 0.462 e. The highest BCUT2D eigenvalue weighted by atomic mass is 31.2. The molecule has 13 heteroatoms. The van der Waals surface area contributed by atoms with Gasteiger partial charge in [-0.05, 0) is 57.3 Å². The molecular weight excluding hydrogens is 824 g/mol. The number of hydrogen-bond donors (Lipinski definition) is 5. The maximum absolute atomic E-state index is 12.7. The Morgan fingerprint density at radius 3 is 1.59 bits per heavy atom. The topological polar surface area (TPSA) is 189 Å². The summed E-state index contributed by atoms with van der Waals surface area (Å²) in [6.07, 6.45) is 38.5. The Bertz CT molecular complexity index is 1190. The van der Waals surface area contributed by atoms with Gasteiger partial charge in [0.05, 0.1) is 32.0 Å². The first-order valence-corrected chi connectivity index (χ1v) is 26.5. The number of phosphoric ester groups is 1. The lowest BCUT2D eigenvalue weighted by Gasteiger charge is -2.20. The molecule has 370 valence electrons. The van der Waals surface area contributed by atoms with Crippen molar-refractivity contribution in [2.75, 3.05) is 26.4 Å². The monoisotopic (exact) mass is 917 g/mol. The molecule has 0 amide bonds. The third kappa shape index (κ3) is 43.8. The van der Waals surface area contributed by atoms with Gasteiger partial charge in [0, 0.05) is 12.8 Å². The van der Waals surface area contributed by atoms with Crippen LogP contribution in [0.1, 0.15) is 213 Å². The Morgan fingerprint density at radius 1 is 0.556 bits per heavy atom. The van der Waals surface area contributed by atoms with Crippen LogP contribution in [-0.4, -0.2) is 88.1 Å². The van der Waals surface area contributed by atoms with Gasteiger partial charge in [-0.25, -0.2) is 4.57 Å². The van der Waals surface area contributed by atoms with E-state index in [1.165, 1.54) is 116 Å². The van der Waals surface area contributed by atoms with Gasteiger partial charge in [-0.1, -0.05) is 186 Å². The second kappa shape index (κ2) is 44.0. The number of rotatable bonds is 46. The Kier molecular flexibility index (Phi) is 42.7. The summed E-state index contributed by atoms with van der Waals surface area (Å²) in [6, 6.07) is 0. The Morgan fingerprint density at radius 2 is 1.05 bits per heavy atom. The lowest BCUT2D eigenvalue weighted by molar-refractivity contribution is -0.161. The van der Waals surface area contributed by atoms with Gasteiger partial charge in [0.25, 0.3) is 0 Å². The van der Waals surface area contributed by atoms with Crippen molar-refractivity contribution in [3.05, 3.63) is 36.5 Å². The molecular formula is C50H93O12P. The van der Waals surface area contributed by atoms with E-state index in [4.69, 9.17) is 19.1 Å². The molecule has 0 radical (unpaired) electrons. The summed E-state index contributed by atoms with van der Waals surface area (Å²) in [5.74, 6) is -0.370. The van der Waals surface area contributed by atoms with E-state index in [1.807, 2.05) is 12.2 Å². The first-order chi connectivity index (χ1) is 30.4.